The largest absolute Gasteiger partial charge is 0.325 e. The van der Waals surface area contributed by atoms with Gasteiger partial charge in [0.2, 0.25) is 5.82 Å². The average Bonchev–Trinajstić information content (AvgIpc) is 3.17. The van der Waals surface area contributed by atoms with Crippen LogP contribution in [0, 0.1) is 0 Å². The van der Waals surface area contributed by atoms with E-state index in [-0.39, 0.29) is 0 Å². The van der Waals surface area contributed by atoms with E-state index in [0.717, 1.165) is 22.3 Å². The number of hydrogen-bond donors (Lipinski definition) is 1. The molecule has 4 aromatic rings. The van der Waals surface area contributed by atoms with Crippen molar-refractivity contribution in [2.24, 2.45) is 12.8 Å². The van der Waals surface area contributed by atoms with Crippen LogP contribution in [0.3, 0.4) is 0 Å². The highest BCUT2D eigenvalue weighted by molar-refractivity contribution is 6.38. The Morgan fingerprint density at radius 3 is 2.67 bits per heavy atom. The molecular weight excluding hydrogens is 326 g/mol. The zero-order valence-electron chi connectivity index (χ0n) is 12.9. The van der Waals surface area contributed by atoms with Gasteiger partial charge < -0.3 is 10.3 Å². The van der Waals surface area contributed by atoms with Crippen molar-refractivity contribution in [1.29, 1.82) is 0 Å². The Balaban J connectivity index is 2.04. The molecule has 0 aliphatic heterocycles. The highest BCUT2D eigenvalue weighted by Crippen LogP contribution is 2.37. The van der Waals surface area contributed by atoms with E-state index >= 15 is 0 Å². The minimum absolute atomic E-state index is 0.395. The van der Waals surface area contributed by atoms with E-state index in [1.165, 1.54) is 4.80 Å². The monoisotopic (exact) mass is 339 g/mol. The first-order valence-electron chi connectivity index (χ1n) is 7.37. The molecule has 0 fully saturated rings. The molecule has 2 N–H and O–H groups in total. The van der Waals surface area contributed by atoms with E-state index in [0.29, 0.717) is 23.1 Å². The van der Waals surface area contributed by atoms with Crippen molar-refractivity contribution >= 4 is 22.5 Å². The van der Waals surface area contributed by atoms with Crippen molar-refractivity contribution in [3.05, 3.63) is 53.3 Å². The van der Waals surface area contributed by atoms with Crippen LogP contribution in [0.2, 0.25) is 5.02 Å². The molecule has 1 aromatic carbocycles. The summed E-state index contributed by atoms with van der Waals surface area (Å²) in [7, 11) is 1.72. The maximum Gasteiger partial charge on any atom is 0.223 e. The number of hydrogen-bond acceptors (Lipinski definition) is 5. The predicted molar refractivity (Wildman–Crippen MR) is 91.8 cm³/mol. The lowest BCUT2D eigenvalue weighted by atomic mass is 10.2. The summed E-state index contributed by atoms with van der Waals surface area (Å²) in [6.45, 7) is 0.395. The van der Waals surface area contributed by atoms with Crippen molar-refractivity contribution in [2.45, 2.75) is 6.54 Å². The first-order valence-corrected chi connectivity index (χ1v) is 7.75. The molecule has 7 nitrogen and oxygen atoms in total. The summed E-state index contributed by atoms with van der Waals surface area (Å²) < 4.78 is 1.99. The molecule has 0 amide bonds. The molecular formula is C16H14ClN7. The van der Waals surface area contributed by atoms with Crippen LogP contribution >= 0.6 is 11.6 Å². The molecule has 0 spiro atoms. The summed E-state index contributed by atoms with van der Waals surface area (Å²) >= 11 is 6.64. The highest BCUT2D eigenvalue weighted by Gasteiger charge is 2.21. The molecule has 3 aromatic heterocycles. The van der Waals surface area contributed by atoms with Gasteiger partial charge in [0.1, 0.15) is 5.69 Å². The van der Waals surface area contributed by atoms with Gasteiger partial charge in [-0.25, -0.2) is 0 Å². The van der Waals surface area contributed by atoms with E-state index < -0.39 is 0 Å². The predicted octanol–water partition coefficient (Wildman–Crippen LogP) is 2.33. The SMILES string of the molecule is Cn1nnc(-c2c(Cl)c3ccccc3n2-c2ccc(CN)nc2)n1. The summed E-state index contributed by atoms with van der Waals surface area (Å²) in [5.74, 6) is 0.460. The van der Waals surface area contributed by atoms with Gasteiger partial charge in [0.05, 0.1) is 35.2 Å². The Bertz CT molecular complexity index is 1020. The number of fused-ring (bicyclic) bond motifs is 1. The first kappa shape index (κ1) is 14.8. The fraction of sp³-hybridized carbons (Fsp3) is 0.125. The fourth-order valence-corrected chi connectivity index (χ4v) is 3.04. The van der Waals surface area contributed by atoms with E-state index in [2.05, 4.69) is 20.4 Å². The Hall–Kier alpha value is -2.77. The second-order valence-electron chi connectivity index (χ2n) is 5.33. The number of nitrogens with zero attached hydrogens (tertiary/aromatic N) is 6. The minimum atomic E-state index is 0.395. The van der Waals surface area contributed by atoms with Crippen LogP contribution in [0.4, 0.5) is 0 Å². The Morgan fingerprint density at radius 2 is 2.00 bits per heavy atom. The zero-order chi connectivity index (χ0) is 16.7. The molecule has 8 heteroatoms. The van der Waals surface area contributed by atoms with E-state index in [1.54, 1.807) is 13.2 Å². The smallest absolute Gasteiger partial charge is 0.223 e. The highest BCUT2D eigenvalue weighted by atomic mass is 35.5. The summed E-state index contributed by atoms with van der Waals surface area (Å²) in [6, 6.07) is 11.7. The Morgan fingerprint density at radius 1 is 1.17 bits per heavy atom. The number of benzene rings is 1. The minimum Gasteiger partial charge on any atom is -0.325 e. The molecule has 0 saturated carbocycles. The van der Waals surface area contributed by atoms with Gasteiger partial charge in [-0.1, -0.05) is 29.8 Å². The number of aryl methyl sites for hydroxylation is 1. The molecule has 0 aliphatic rings. The molecule has 0 aliphatic carbocycles. The molecule has 0 atom stereocenters. The molecule has 0 saturated heterocycles. The van der Waals surface area contributed by atoms with Crippen molar-refractivity contribution in [3.63, 3.8) is 0 Å². The van der Waals surface area contributed by atoms with Crippen molar-refractivity contribution < 1.29 is 0 Å². The third-order valence-corrected chi connectivity index (χ3v) is 4.19. The van der Waals surface area contributed by atoms with Gasteiger partial charge in [0.25, 0.3) is 0 Å². The first-order chi connectivity index (χ1) is 11.7. The Labute approximate surface area is 142 Å². The van der Waals surface area contributed by atoms with Crippen LogP contribution in [-0.4, -0.2) is 29.8 Å². The molecule has 120 valence electrons. The second kappa shape index (κ2) is 5.70. The van der Waals surface area contributed by atoms with Gasteiger partial charge in [-0.05, 0) is 23.4 Å². The summed E-state index contributed by atoms with van der Waals surface area (Å²) in [5.41, 5.74) is 8.95. The molecule has 0 radical (unpaired) electrons. The summed E-state index contributed by atoms with van der Waals surface area (Å²) in [5, 5.41) is 13.8. The summed E-state index contributed by atoms with van der Waals surface area (Å²) in [4.78, 5) is 5.79. The lowest BCUT2D eigenvalue weighted by Crippen LogP contribution is -2.03. The third kappa shape index (κ3) is 2.26. The van der Waals surface area contributed by atoms with Crippen LogP contribution in [0.1, 0.15) is 5.69 Å². The average molecular weight is 340 g/mol. The van der Waals surface area contributed by atoms with E-state index in [9.17, 15) is 0 Å². The lowest BCUT2D eigenvalue weighted by molar-refractivity contribution is 0.630. The number of pyridine rings is 1. The van der Waals surface area contributed by atoms with Crippen LogP contribution < -0.4 is 5.73 Å². The third-order valence-electron chi connectivity index (χ3n) is 3.81. The van der Waals surface area contributed by atoms with Gasteiger partial charge in [0, 0.05) is 11.9 Å². The van der Waals surface area contributed by atoms with Gasteiger partial charge in [-0.3, -0.25) is 4.98 Å². The van der Waals surface area contributed by atoms with Crippen LogP contribution in [-0.2, 0) is 13.6 Å². The maximum absolute atomic E-state index is 6.64. The van der Waals surface area contributed by atoms with Gasteiger partial charge in [-0.15, -0.1) is 10.2 Å². The molecule has 0 bridgehead atoms. The second-order valence-corrected chi connectivity index (χ2v) is 5.71. The van der Waals surface area contributed by atoms with E-state index in [1.807, 2.05) is 41.0 Å². The number of nitrogens with two attached hydrogens (primary N) is 1. The van der Waals surface area contributed by atoms with Gasteiger partial charge in [0.15, 0.2) is 0 Å². The fourth-order valence-electron chi connectivity index (χ4n) is 2.72. The number of aromatic nitrogens is 6. The number of para-hydroxylation sites is 1. The van der Waals surface area contributed by atoms with Crippen LogP contribution in [0.5, 0.6) is 0 Å². The molecule has 3 heterocycles. The Kier molecular flexibility index (Phi) is 3.51. The number of rotatable bonds is 3. The molecule has 24 heavy (non-hydrogen) atoms. The van der Waals surface area contributed by atoms with Gasteiger partial charge in [-0.2, -0.15) is 4.80 Å². The maximum atomic E-state index is 6.64. The summed E-state index contributed by atoms with van der Waals surface area (Å²) in [6.07, 6.45) is 1.77. The van der Waals surface area contributed by atoms with E-state index in [4.69, 9.17) is 17.3 Å². The van der Waals surface area contributed by atoms with Crippen molar-refractivity contribution in [2.75, 3.05) is 0 Å². The quantitative estimate of drug-likeness (QED) is 0.619. The standard InChI is InChI=1S/C16H14ClN7/c1-23-21-16(20-22-23)15-14(17)12-4-2-3-5-13(12)24(15)11-7-6-10(8-18)19-9-11/h2-7,9H,8,18H2,1H3. The molecule has 0 unspecified atom stereocenters. The van der Waals surface area contributed by atoms with Crippen LogP contribution in [0.15, 0.2) is 42.6 Å². The van der Waals surface area contributed by atoms with Crippen molar-refractivity contribution in [3.8, 4) is 17.2 Å². The normalized spacial score (nSPS) is 11.3. The van der Waals surface area contributed by atoms with Crippen molar-refractivity contribution in [1.82, 2.24) is 29.8 Å². The topological polar surface area (TPSA) is 87.4 Å². The lowest BCUT2D eigenvalue weighted by Gasteiger charge is -2.09. The number of tetrazole rings is 1. The number of halogens is 1. The molecule has 4 rings (SSSR count). The van der Waals surface area contributed by atoms with Gasteiger partial charge >= 0.3 is 0 Å². The zero-order valence-corrected chi connectivity index (χ0v) is 13.6. The van der Waals surface area contributed by atoms with Crippen LogP contribution in [0.25, 0.3) is 28.1 Å².